The number of para-hydroxylation sites is 3. The van der Waals surface area contributed by atoms with Gasteiger partial charge >= 0.3 is 0 Å². The molecular formula is C26H29NS. The van der Waals surface area contributed by atoms with Crippen molar-refractivity contribution in [2.24, 2.45) is 0 Å². The number of hydrogen-bond donors (Lipinski definition) is 0. The zero-order valence-electron chi connectivity index (χ0n) is 17.7. The van der Waals surface area contributed by atoms with Gasteiger partial charge in [0.1, 0.15) is 0 Å². The fourth-order valence-electron chi connectivity index (χ4n) is 3.94. The molecular weight excluding hydrogens is 358 g/mol. The Bertz CT molecular complexity index is 943. The summed E-state index contributed by atoms with van der Waals surface area (Å²) in [7, 11) is 0. The molecule has 0 amide bonds. The Kier molecular flexibility index (Phi) is 4.58. The molecule has 0 aliphatic carbocycles. The standard InChI is InChI=1S/C26H29NS/c1-25(2,3)18-12-11-13-19(26(4,5)6)24(18)27-20-14-7-9-16-22(20)28-23-17-10-8-15-21(23)27/h7-17H,1-6H3. The van der Waals surface area contributed by atoms with Gasteiger partial charge in [-0.3, -0.25) is 0 Å². The highest BCUT2D eigenvalue weighted by molar-refractivity contribution is 7.99. The minimum Gasteiger partial charge on any atom is -0.308 e. The molecule has 3 aromatic rings. The number of benzene rings is 3. The summed E-state index contributed by atoms with van der Waals surface area (Å²) in [6, 6.07) is 24.4. The minimum absolute atomic E-state index is 0.0467. The third-order valence-electron chi connectivity index (χ3n) is 5.31. The Morgan fingerprint density at radius 1 is 0.571 bits per heavy atom. The normalized spacial score (nSPS) is 13.9. The lowest BCUT2D eigenvalue weighted by atomic mass is 9.78. The van der Waals surface area contributed by atoms with Crippen molar-refractivity contribution in [3.05, 3.63) is 77.9 Å². The summed E-state index contributed by atoms with van der Waals surface area (Å²) < 4.78 is 0. The molecule has 0 saturated heterocycles. The zero-order chi connectivity index (χ0) is 20.1. The molecule has 1 aliphatic heterocycles. The fourth-order valence-corrected chi connectivity index (χ4v) is 5.00. The van der Waals surface area contributed by atoms with Gasteiger partial charge in [0.15, 0.2) is 0 Å². The molecule has 0 saturated carbocycles. The van der Waals surface area contributed by atoms with Crippen molar-refractivity contribution < 1.29 is 0 Å². The maximum atomic E-state index is 2.50. The summed E-state index contributed by atoms with van der Waals surface area (Å²) in [5.74, 6) is 0. The van der Waals surface area contributed by atoms with E-state index in [4.69, 9.17) is 0 Å². The number of rotatable bonds is 1. The predicted molar refractivity (Wildman–Crippen MR) is 123 cm³/mol. The van der Waals surface area contributed by atoms with Gasteiger partial charge in [-0.1, -0.05) is 95.8 Å². The topological polar surface area (TPSA) is 3.24 Å². The van der Waals surface area contributed by atoms with Gasteiger partial charge in [0.2, 0.25) is 0 Å². The summed E-state index contributed by atoms with van der Waals surface area (Å²) in [6.45, 7) is 13.9. The lowest BCUT2D eigenvalue weighted by Crippen LogP contribution is -2.26. The van der Waals surface area contributed by atoms with Crippen LogP contribution in [0.2, 0.25) is 0 Å². The van der Waals surface area contributed by atoms with Crippen molar-refractivity contribution in [3.8, 4) is 0 Å². The van der Waals surface area contributed by atoms with E-state index in [2.05, 4.69) is 113 Å². The van der Waals surface area contributed by atoms with Gasteiger partial charge in [-0.25, -0.2) is 0 Å². The summed E-state index contributed by atoms with van der Waals surface area (Å²) in [5.41, 5.74) is 6.74. The quantitative estimate of drug-likeness (QED) is 0.324. The van der Waals surface area contributed by atoms with E-state index < -0.39 is 0 Å². The Morgan fingerprint density at radius 2 is 1.00 bits per heavy atom. The molecule has 0 atom stereocenters. The van der Waals surface area contributed by atoms with E-state index in [1.54, 1.807) is 0 Å². The van der Waals surface area contributed by atoms with Crippen LogP contribution in [0.4, 0.5) is 17.1 Å². The zero-order valence-corrected chi connectivity index (χ0v) is 18.5. The molecule has 0 spiro atoms. The van der Waals surface area contributed by atoms with Crippen LogP contribution in [-0.4, -0.2) is 0 Å². The number of nitrogens with zero attached hydrogens (tertiary/aromatic N) is 1. The van der Waals surface area contributed by atoms with Crippen LogP contribution in [0.1, 0.15) is 52.7 Å². The van der Waals surface area contributed by atoms with Crippen LogP contribution >= 0.6 is 11.8 Å². The maximum Gasteiger partial charge on any atom is 0.0601 e. The van der Waals surface area contributed by atoms with Crippen molar-refractivity contribution in [1.29, 1.82) is 0 Å². The van der Waals surface area contributed by atoms with Gasteiger partial charge in [0.25, 0.3) is 0 Å². The molecule has 3 aromatic carbocycles. The van der Waals surface area contributed by atoms with Crippen molar-refractivity contribution in [1.82, 2.24) is 0 Å². The maximum absolute atomic E-state index is 2.50. The molecule has 0 radical (unpaired) electrons. The fraction of sp³-hybridized carbons (Fsp3) is 0.308. The molecule has 0 N–H and O–H groups in total. The van der Waals surface area contributed by atoms with Crippen LogP contribution in [0.3, 0.4) is 0 Å². The van der Waals surface area contributed by atoms with Crippen LogP contribution in [0.5, 0.6) is 0 Å². The van der Waals surface area contributed by atoms with E-state index in [-0.39, 0.29) is 10.8 Å². The monoisotopic (exact) mass is 387 g/mol. The van der Waals surface area contributed by atoms with Crippen molar-refractivity contribution in [2.45, 2.75) is 62.2 Å². The number of hydrogen-bond acceptors (Lipinski definition) is 2. The summed E-state index contributed by atoms with van der Waals surface area (Å²) >= 11 is 1.87. The van der Waals surface area contributed by atoms with Crippen LogP contribution in [0.15, 0.2) is 76.5 Å². The van der Waals surface area contributed by atoms with E-state index in [0.29, 0.717) is 0 Å². The van der Waals surface area contributed by atoms with E-state index >= 15 is 0 Å². The average molecular weight is 388 g/mol. The molecule has 1 nitrogen and oxygen atoms in total. The van der Waals surface area contributed by atoms with E-state index in [1.807, 2.05) is 11.8 Å². The second-order valence-corrected chi connectivity index (χ2v) is 10.7. The minimum atomic E-state index is 0.0467. The number of anilines is 3. The first-order valence-electron chi connectivity index (χ1n) is 9.98. The molecule has 0 unspecified atom stereocenters. The first-order chi connectivity index (χ1) is 13.2. The van der Waals surface area contributed by atoms with Gasteiger partial charge in [-0.2, -0.15) is 0 Å². The lowest BCUT2D eigenvalue weighted by Gasteiger charge is -2.40. The molecule has 0 aromatic heterocycles. The van der Waals surface area contributed by atoms with Crippen LogP contribution in [0.25, 0.3) is 0 Å². The van der Waals surface area contributed by atoms with Crippen LogP contribution < -0.4 is 4.90 Å². The third-order valence-corrected chi connectivity index (χ3v) is 6.44. The highest BCUT2D eigenvalue weighted by atomic mass is 32.2. The third kappa shape index (κ3) is 3.24. The Morgan fingerprint density at radius 3 is 1.43 bits per heavy atom. The molecule has 1 heterocycles. The molecule has 4 rings (SSSR count). The summed E-state index contributed by atoms with van der Waals surface area (Å²) in [6.07, 6.45) is 0. The predicted octanol–water partition coefficient (Wildman–Crippen LogP) is 8.22. The van der Waals surface area contributed by atoms with Gasteiger partial charge in [0, 0.05) is 9.79 Å². The van der Waals surface area contributed by atoms with Gasteiger partial charge in [-0.05, 0) is 46.2 Å². The van der Waals surface area contributed by atoms with Crippen molar-refractivity contribution in [3.63, 3.8) is 0 Å². The first-order valence-corrected chi connectivity index (χ1v) is 10.8. The SMILES string of the molecule is CC(C)(C)c1cccc(C(C)(C)C)c1N1c2ccccc2Sc2ccccc21. The number of fused-ring (bicyclic) bond motifs is 2. The van der Waals surface area contributed by atoms with Gasteiger partial charge in [0.05, 0.1) is 17.1 Å². The smallest absolute Gasteiger partial charge is 0.0601 e. The summed E-state index contributed by atoms with van der Waals surface area (Å²) in [4.78, 5) is 5.12. The van der Waals surface area contributed by atoms with Crippen molar-refractivity contribution in [2.75, 3.05) is 4.90 Å². The van der Waals surface area contributed by atoms with Crippen molar-refractivity contribution >= 4 is 28.8 Å². The van der Waals surface area contributed by atoms with Gasteiger partial charge < -0.3 is 4.90 Å². The molecule has 0 fully saturated rings. The highest BCUT2D eigenvalue weighted by Crippen LogP contribution is 2.54. The largest absolute Gasteiger partial charge is 0.308 e. The molecule has 0 bridgehead atoms. The summed E-state index contributed by atoms with van der Waals surface area (Å²) in [5, 5.41) is 0. The average Bonchev–Trinajstić information content (AvgIpc) is 2.64. The molecule has 144 valence electrons. The van der Waals surface area contributed by atoms with Crippen LogP contribution in [-0.2, 0) is 10.8 Å². The second-order valence-electron chi connectivity index (χ2n) is 9.57. The molecule has 2 heteroatoms. The molecule has 1 aliphatic rings. The second kappa shape index (κ2) is 6.70. The Balaban J connectivity index is 2.10. The van der Waals surface area contributed by atoms with E-state index in [0.717, 1.165) is 0 Å². The van der Waals surface area contributed by atoms with E-state index in [9.17, 15) is 0 Å². The lowest BCUT2D eigenvalue weighted by molar-refractivity contribution is 0.570. The van der Waals surface area contributed by atoms with Crippen LogP contribution in [0, 0.1) is 0 Å². The highest BCUT2D eigenvalue weighted by Gasteiger charge is 2.33. The van der Waals surface area contributed by atoms with Gasteiger partial charge in [-0.15, -0.1) is 0 Å². The Labute approximate surface area is 173 Å². The van der Waals surface area contributed by atoms with E-state index in [1.165, 1.54) is 38.0 Å². The molecule has 28 heavy (non-hydrogen) atoms. The Hall–Kier alpha value is -2.19. The first kappa shape index (κ1) is 19.1.